The summed E-state index contributed by atoms with van der Waals surface area (Å²) >= 11 is 5.33. The zero-order chi connectivity index (χ0) is 47.7. The van der Waals surface area contributed by atoms with Crippen molar-refractivity contribution >= 4 is 36.6 Å². The fourth-order valence-electron chi connectivity index (χ4n) is 5.58. The van der Waals surface area contributed by atoms with Crippen LogP contribution in [0.1, 0.15) is 31.4 Å². The fraction of sp³-hybridized carbons (Fsp3) is 0.568. The highest BCUT2D eigenvalue weighted by atomic mass is 32.1. The maximum atomic E-state index is 14.0. The maximum Gasteiger partial charge on any atom is 0.394 e. The minimum Gasteiger partial charge on any atom is -0.462 e. The van der Waals surface area contributed by atoms with Crippen LogP contribution in [-0.2, 0) is 46.0 Å². The highest BCUT2D eigenvalue weighted by molar-refractivity contribution is 7.80. The highest BCUT2D eigenvalue weighted by Gasteiger charge is 2.55. The van der Waals surface area contributed by atoms with E-state index in [9.17, 15) is 55.4 Å². The van der Waals surface area contributed by atoms with E-state index < -0.39 is 97.6 Å². The number of rotatable bonds is 27. The highest BCUT2D eigenvalue weighted by Crippen LogP contribution is 2.56. The third-order valence-electron chi connectivity index (χ3n) is 9.05. The Balaban J connectivity index is 0.971. The van der Waals surface area contributed by atoms with Crippen LogP contribution < -0.4 is 20.1 Å². The maximum absolute atomic E-state index is 14.0. The van der Waals surface area contributed by atoms with E-state index in [1.54, 1.807) is 16.8 Å². The second kappa shape index (κ2) is 25.7. The fourth-order valence-corrected chi connectivity index (χ4v) is 6.22. The number of nitrogens with one attached hydrogen (secondary N) is 2. The number of hydrogen-bond acceptors (Lipinski definition) is 15. The van der Waals surface area contributed by atoms with E-state index in [1.165, 1.54) is 12.1 Å². The van der Waals surface area contributed by atoms with Gasteiger partial charge in [0.25, 0.3) is 0 Å². The van der Waals surface area contributed by atoms with Gasteiger partial charge in [0.1, 0.15) is 24.1 Å². The second-order valence-electron chi connectivity index (χ2n) is 14.0. The Labute approximate surface area is 371 Å². The molecule has 1 aliphatic heterocycles. The van der Waals surface area contributed by atoms with Crippen molar-refractivity contribution < 1.29 is 98.4 Å². The van der Waals surface area contributed by atoms with Crippen LogP contribution in [0, 0.1) is 29.1 Å². The first-order valence-corrected chi connectivity index (χ1v) is 21.7. The molecule has 19 nitrogen and oxygen atoms in total. The first kappa shape index (κ1) is 53.5. The molecule has 1 aliphatic rings. The molecule has 0 amide bonds. The molecule has 2 aromatic carbocycles. The lowest BCUT2D eigenvalue weighted by atomic mass is 9.97. The number of thiocarbonyl (C=S) groups is 1. The van der Waals surface area contributed by atoms with E-state index in [2.05, 4.69) is 25.7 Å². The minimum atomic E-state index is -5.91. The quantitative estimate of drug-likeness (QED) is 0.00847. The summed E-state index contributed by atoms with van der Waals surface area (Å²) in [4.78, 5) is 29.5. The van der Waals surface area contributed by atoms with Crippen molar-refractivity contribution in [2.24, 2.45) is 0 Å². The van der Waals surface area contributed by atoms with E-state index >= 15 is 0 Å². The van der Waals surface area contributed by atoms with E-state index in [-0.39, 0.29) is 38.8 Å². The number of benzene rings is 2. The molecule has 364 valence electrons. The molecular weight excluding hydrogens is 934 g/mol. The van der Waals surface area contributed by atoms with Gasteiger partial charge in [-0.2, -0.15) is 17.6 Å². The molecule has 0 spiro atoms. The summed E-state index contributed by atoms with van der Waals surface area (Å²) in [6.45, 7) is 2.37. The molecule has 65 heavy (non-hydrogen) atoms. The van der Waals surface area contributed by atoms with Crippen LogP contribution >= 0.6 is 19.8 Å². The van der Waals surface area contributed by atoms with E-state index in [4.69, 9.17) is 50.4 Å². The third kappa shape index (κ3) is 16.6. The number of aliphatic hydroxyl groups is 3. The number of alkyl halides is 2. The van der Waals surface area contributed by atoms with Gasteiger partial charge in [0.2, 0.25) is 41.1 Å². The number of ether oxygens (including phenoxy) is 7. The molecule has 0 radical (unpaired) electrons. The summed E-state index contributed by atoms with van der Waals surface area (Å²) in [5.41, 5.74) is -3.24. The Hall–Kier alpha value is -4.12. The van der Waals surface area contributed by atoms with Crippen LogP contribution in [0.2, 0.25) is 0 Å². The number of carbonyl (C=O) groups is 1. The summed E-state index contributed by atoms with van der Waals surface area (Å²) < 4.78 is 144. The first-order chi connectivity index (χ1) is 30.8. The summed E-state index contributed by atoms with van der Waals surface area (Å²) in [5, 5.41) is 45.1. The van der Waals surface area contributed by atoms with Crippen LogP contribution in [0.5, 0.6) is 11.5 Å². The molecular formula is C37H47F7N5O14PS. The van der Waals surface area contributed by atoms with Crippen LogP contribution in [0.15, 0.2) is 30.5 Å². The zero-order valence-electron chi connectivity index (χ0n) is 34.1. The Morgan fingerprint density at radius 1 is 0.815 bits per heavy atom. The lowest BCUT2D eigenvalue weighted by Gasteiger charge is -2.41. The van der Waals surface area contributed by atoms with Gasteiger partial charge in [0.05, 0.1) is 84.0 Å². The molecule has 1 aromatic heterocycles. The Morgan fingerprint density at radius 3 is 1.98 bits per heavy atom. The van der Waals surface area contributed by atoms with Crippen molar-refractivity contribution in [3.63, 3.8) is 0 Å². The molecule has 3 aromatic rings. The molecule has 1 saturated heterocycles. The molecule has 5 atom stereocenters. The Kier molecular flexibility index (Phi) is 21.1. The van der Waals surface area contributed by atoms with Crippen molar-refractivity contribution in [3.05, 3.63) is 65.2 Å². The van der Waals surface area contributed by atoms with Gasteiger partial charge >= 0.3 is 19.2 Å². The van der Waals surface area contributed by atoms with Crippen molar-refractivity contribution in [2.75, 3.05) is 64.7 Å². The molecule has 0 aliphatic carbocycles. The summed E-state index contributed by atoms with van der Waals surface area (Å²) in [7, 11) is -5.91. The van der Waals surface area contributed by atoms with Gasteiger partial charge in [0.15, 0.2) is 5.11 Å². The predicted octanol–water partition coefficient (Wildman–Crippen LogP) is 2.69. The molecule has 28 heteroatoms. The van der Waals surface area contributed by atoms with Crippen molar-refractivity contribution in [1.82, 2.24) is 20.3 Å². The summed E-state index contributed by atoms with van der Waals surface area (Å²) in [6.07, 6.45) is -7.84. The number of unbranched alkanes of at least 4 members (excludes halogenated alkanes) is 1. The van der Waals surface area contributed by atoms with Gasteiger partial charge in [0, 0.05) is 18.4 Å². The van der Waals surface area contributed by atoms with Crippen LogP contribution in [0.25, 0.3) is 0 Å². The van der Waals surface area contributed by atoms with Gasteiger partial charge in [-0.25, -0.2) is 17.9 Å². The van der Waals surface area contributed by atoms with Gasteiger partial charge in [-0.15, -0.1) is 5.10 Å². The smallest absolute Gasteiger partial charge is 0.394 e. The van der Waals surface area contributed by atoms with Gasteiger partial charge in [-0.05, 0) is 55.7 Å². The lowest BCUT2D eigenvalue weighted by molar-refractivity contribution is -0.279. The van der Waals surface area contributed by atoms with Gasteiger partial charge < -0.3 is 68.9 Å². The number of aromatic nitrogens is 3. The van der Waals surface area contributed by atoms with Crippen molar-refractivity contribution in [1.29, 1.82) is 0 Å². The molecule has 1 fully saturated rings. The molecule has 0 bridgehead atoms. The molecule has 0 unspecified atom stereocenters. The predicted molar refractivity (Wildman–Crippen MR) is 212 cm³/mol. The number of carbonyl (C=O) groups excluding carboxylic acids is 1. The Bertz CT molecular complexity index is 2010. The normalized spacial score (nSPS) is 19.0. The monoisotopic (exact) mass is 981 g/mol. The number of anilines is 1. The number of esters is 1. The number of hydrogen-bond donors (Lipinski definition) is 7. The lowest BCUT2D eigenvalue weighted by Crippen LogP contribution is -2.60. The molecule has 0 saturated carbocycles. The largest absolute Gasteiger partial charge is 0.462 e. The summed E-state index contributed by atoms with van der Waals surface area (Å²) in [5.74, 6) is -14.2. The third-order valence-corrected chi connectivity index (χ3v) is 10.3. The SMILES string of the molecule is O=C(CCOCCOCCOCCOCCn1cc(CCCCNC(=S)Nc2ccc(O[C@H]3O[C@H](CC(F)(F)P(=O)(O)O)[C@@H](O)[C@H](O)[C@@H]3O)cc2)nn1)Oc1c(F)c(F)c(F)c(F)c1F. The second-order valence-corrected chi connectivity index (χ2v) is 16.1. The van der Waals surface area contributed by atoms with Crippen LogP contribution in [-0.4, -0.2) is 147 Å². The van der Waals surface area contributed by atoms with Crippen LogP contribution in [0.4, 0.5) is 36.4 Å². The van der Waals surface area contributed by atoms with E-state index in [0.717, 1.165) is 18.5 Å². The Morgan fingerprint density at radius 2 is 1.38 bits per heavy atom. The number of aliphatic hydroxyl groups excluding tert-OH is 3. The number of halogens is 7. The standard InChI is InChI=1S/C37H47F7N5O14PS/c38-26-27(39)29(41)34(30(42)28(26)40)63-25(50)8-11-57-13-15-59-17-18-60-16-14-58-12-10-49-20-22(47-48-49)3-1-2-9-45-36(65)46-21-4-6-23(7-5-21)61-35-33(53)32(52)31(51)24(62-35)19-37(43,44)64(54,55)56/h4-7,20,24,31-33,35,51-53H,1-3,8-19H2,(H2,45,46,65)(H2,54,55,56)/t24-,31-,32+,33+,35+/m1/s1. The average Bonchev–Trinajstić information content (AvgIpc) is 3.72. The van der Waals surface area contributed by atoms with Crippen molar-refractivity contribution in [3.8, 4) is 11.5 Å². The van der Waals surface area contributed by atoms with E-state index in [0.29, 0.717) is 50.1 Å². The topological polar surface area (TPSA) is 255 Å². The van der Waals surface area contributed by atoms with E-state index in [1.807, 2.05) is 6.20 Å². The van der Waals surface area contributed by atoms with Gasteiger partial charge in [-0.1, -0.05) is 5.21 Å². The number of nitrogens with zero attached hydrogens (tertiary/aromatic N) is 3. The zero-order valence-corrected chi connectivity index (χ0v) is 35.8. The number of aryl methyl sites for hydroxylation is 1. The first-order valence-electron chi connectivity index (χ1n) is 19.7. The molecule has 2 heterocycles. The summed E-state index contributed by atoms with van der Waals surface area (Å²) in [6, 6.07) is 5.93. The molecule has 7 N–H and O–H groups in total. The average molecular weight is 982 g/mol. The van der Waals surface area contributed by atoms with Crippen molar-refractivity contribution in [2.45, 2.75) is 75.0 Å². The minimum absolute atomic E-state index is 0.0409. The van der Waals surface area contributed by atoms with Crippen LogP contribution in [0.3, 0.4) is 0 Å². The molecule has 4 rings (SSSR count). The van der Waals surface area contributed by atoms with Gasteiger partial charge in [-0.3, -0.25) is 9.36 Å².